The summed E-state index contributed by atoms with van der Waals surface area (Å²) in [6.07, 6.45) is 4.44. The van der Waals surface area contributed by atoms with Gasteiger partial charge < -0.3 is 19.5 Å². The lowest BCUT2D eigenvalue weighted by Crippen LogP contribution is -2.20. The van der Waals surface area contributed by atoms with Gasteiger partial charge in [-0.3, -0.25) is 9.20 Å². The maximum absolute atomic E-state index is 12.1. The lowest BCUT2D eigenvalue weighted by atomic mass is 10.2. The van der Waals surface area contributed by atoms with Gasteiger partial charge in [0, 0.05) is 18.3 Å². The van der Waals surface area contributed by atoms with Crippen LogP contribution in [0.25, 0.3) is 11.7 Å². The molecule has 8 nitrogen and oxygen atoms in total. The zero-order valence-corrected chi connectivity index (χ0v) is 16.5. The van der Waals surface area contributed by atoms with Gasteiger partial charge in [0.05, 0.1) is 25.6 Å². The Morgan fingerprint density at radius 1 is 1.21 bits per heavy atom. The summed E-state index contributed by atoms with van der Waals surface area (Å²) in [7, 11) is 3.00. The van der Waals surface area contributed by atoms with E-state index in [1.165, 1.54) is 26.4 Å². The Balaban J connectivity index is 1.58. The van der Waals surface area contributed by atoms with E-state index in [1.54, 1.807) is 34.9 Å². The van der Waals surface area contributed by atoms with E-state index in [9.17, 15) is 9.59 Å². The Bertz CT molecular complexity index is 1080. The highest BCUT2D eigenvalue weighted by Crippen LogP contribution is 2.28. The van der Waals surface area contributed by atoms with Gasteiger partial charge in [0.1, 0.15) is 17.1 Å². The Morgan fingerprint density at radius 3 is 2.79 bits per heavy atom. The van der Waals surface area contributed by atoms with Gasteiger partial charge in [-0.1, -0.05) is 17.7 Å². The van der Waals surface area contributed by atoms with Crippen molar-refractivity contribution in [1.29, 1.82) is 0 Å². The Morgan fingerprint density at radius 2 is 2.03 bits per heavy atom. The third kappa shape index (κ3) is 4.85. The fourth-order valence-electron chi connectivity index (χ4n) is 2.56. The molecule has 2 heterocycles. The van der Waals surface area contributed by atoms with Gasteiger partial charge in [-0.2, -0.15) is 0 Å². The van der Waals surface area contributed by atoms with Crippen LogP contribution in [0.4, 0.5) is 5.69 Å². The molecule has 0 aliphatic carbocycles. The van der Waals surface area contributed by atoms with Crippen LogP contribution >= 0.6 is 11.6 Å². The number of methoxy groups -OCH3 is 2. The van der Waals surface area contributed by atoms with E-state index in [1.807, 2.05) is 12.1 Å². The number of rotatable bonds is 7. The molecule has 3 rings (SSSR count). The standard InChI is InChI=1S/C20H18ClN3O5/c1-27-13-6-7-14(16(11-13)28-2)22-18(25)12-29-19(26)9-8-15-20(21)23-17-5-3-4-10-24(15)17/h3-11H,12H2,1-2H3,(H,22,25)/b9-8+. The number of esters is 1. The number of hydrogen-bond acceptors (Lipinski definition) is 6. The van der Waals surface area contributed by atoms with Crippen LogP contribution in [0.3, 0.4) is 0 Å². The van der Waals surface area contributed by atoms with Crippen LogP contribution < -0.4 is 14.8 Å². The normalized spacial score (nSPS) is 10.9. The maximum atomic E-state index is 12.1. The van der Waals surface area contributed by atoms with E-state index in [0.29, 0.717) is 28.5 Å². The molecular formula is C20H18ClN3O5. The van der Waals surface area contributed by atoms with E-state index in [2.05, 4.69) is 10.3 Å². The topological polar surface area (TPSA) is 91.2 Å². The van der Waals surface area contributed by atoms with Gasteiger partial charge in [0.25, 0.3) is 5.91 Å². The number of nitrogens with one attached hydrogen (secondary N) is 1. The molecule has 0 atom stereocenters. The molecule has 0 fully saturated rings. The van der Waals surface area contributed by atoms with Crippen LogP contribution in [-0.2, 0) is 14.3 Å². The number of ether oxygens (including phenoxy) is 3. The van der Waals surface area contributed by atoms with Crippen LogP contribution in [0.15, 0.2) is 48.7 Å². The van der Waals surface area contributed by atoms with Crippen molar-refractivity contribution in [1.82, 2.24) is 9.38 Å². The van der Waals surface area contributed by atoms with E-state index >= 15 is 0 Å². The van der Waals surface area contributed by atoms with Crippen molar-refractivity contribution in [3.63, 3.8) is 0 Å². The predicted molar refractivity (Wildman–Crippen MR) is 108 cm³/mol. The molecule has 0 saturated carbocycles. The quantitative estimate of drug-likeness (QED) is 0.470. The number of hydrogen-bond donors (Lipinski definition) is 1. The van der Waals surface area contributed by atoms with E-state index in [0.717, 1.165) is 0 Å². The molecule has 0 spiro atoms. The molecular weight excluding hydrogens is 398 g/mol. The molecule has 0 aliphatic heterocycles. The molecule has 0 unspecified atom stereocenters. The van der Waals surface area contributed by atoms with Crippen LogP contribution in [-0.4, -0.2) is 42.1 Å². The summed E-state index contributed by atoms with van der Waals surface area (Å²) < 4.78 is 17.0. The minimum absolute atomic E-state index is 0.254. The first-order chi connectivity index (χ1) is 14.0. The average Bonchev–Trinajstić information content (AvgIpc) is 3.05. The largest absolute Gasteiger partial charge is 0.497 e. The van der Waals surface area contributed by atoms with Gasteiger partial charge in [0.2, 0.25) is 0 Å². The first-order valence-electron chi connectivity index (χ1n) is 8.51. The van der Waals surface area contributed by atoms with Crippen LogP contribution in [0.1, 0.15) is 5.69 Å². The third-order valence-corrected chi connectivity index (χ3v) is 4.21. The number of aromatic nitrogens is 2. The molecule has 3 aromatic rings. The van der Waals surface area contributed by atoms with Crippen molar-refractivity contribution in [3.05, 3.63) is 59.5 Å². The highest BCUT2D eigenvalue weighted by atomic mass is 35.5. The number of carbonyl (C=O) groups is 2. The molecule has 9 heteroatoms. The first kappa shape index (κ1) is 20.2. The predicted octanol–water partition coefficient (Wildman–Crippen LogP) is 3.20. The van der Waals surface area contributed by atoms with Gasteiger partial charge in [-0.15, -0.1) is 0 Å². The maximum Gasteiger partial charge on any atom is 0.331 e. The second-order valence-electron chi connectivity index (χ2n) is 5.77. The second-order valence-corrected chi connectivity index (χ2v) is 6.13. The van der Waals surface area contributed by atoms with Crippen molar-refractivity contribution in [3.8, 4) is 11.5 Å². The molecule has 0 radical (unpaired) electrons. The molecule has 29 heavy (non-hydrogen) atoms. The zero-order chi connectivity index (χ0) is 20.8. The zero-order valence-electron chi connectivity index (χ0n) is 15.7. The number of imidazole rings is 1. The first-order valence-corrected chi connectivity index (χ1v) is 8.89. The molecule has 0 bridgehead atoms. The van der Waals surface area contributed by atoms with Crippen LogP contribution in [0.5, 0.6) is 11.5 Å². The molecule has 150 valence electrons. The monoisotopic (exact) mass is 415 g/mol. The molecule has 0 aliphatic rings. The average molecular weight is 416 g/mol. The summed E-state index contributed by atoms with van der Waals surface area (Å²) >= 11 is 6.10. The molecule has 1 N–H and O–H groups in total. The molecule has 1 amide bonds. The number of fused-ring (bicyclic) bond motifs is 1. The van der Waals surface area contributed by atoms with Crippen LogP contribution in [0.2, 0.25) is 5.15 Å². The summed E-state index contributed by atoms with van der Waals surface area (Å²) in [4.78, 5) is 28.2. The summed E-state index contributed by atoms with van der Waals surface area (Å²) in [5.41, 5.74) is 1.62. The third-order valence-electron chi connectivity index (χ3n) is 3.93. The van der Waals surface area contributed by atoms with E-state index < -0.39 is 18.5 Å². The lowest BCUT2D eigenvalue weighted by molar-refractivity contribution is -0.142. The van der Waals surface area contributed by atoms with E-state index in [-0.39, 0.29) is 5.15 Å². The summed E-state index contributed by atoms with van der Waals surface area (Å²) in [5.74, 6) is -0.194. The van der Waals surface area contributed by atoms with Gasteiger partial charge in [0.15, 0.2) is 11.8 Å². The lowest BCUT2D eigenvalue weighted by Gasteiger charge is -2.11. The van der Waals surface area contributed by atoms with Gasteiger partial charge >= 0.3 is 5.97 Å². The highest BCUT2D eigenvalue weighted by Gasteiger charge is 2.11. The number of nitrogens with zero attached hydrogens (tertiary/aromatic N) is 2. The van der Waals surface area contributed by atoms with Crippen molar-refractivity contribution >= 4 is 40.9 Å². The number of halogens is 1. The van der Waals surface area contributed by atoms with Crippen molar-refractivity contribution in [2.45, 2.75) is 0 Å². The van der Waals surface area contributed by atoms with E-state index in [4.69, 9.17) is 25.8 Å². The van der Waals surface area contributed by atoms with Crippen molar-refractivity contribution in [2.24, 2.45) is 0 Å². The van der Waals surface area contributed by atoms with Crippen LogP contribution in [0, 0.1) is 0 Å². The summed E-state index contributed by atoms with van der Waals surface area (Å²) in [5, 5.41) is 2.87. The van der Waals surface area contributed by atoms with Gasteiger partial charge in [-0.25, -0.2) is 9.78 Å². The molecule has 2 aromatic heterocycles. The van der Waals surface area contributed by atoms with Crippen molar-refractivity contribution < 1.29 is 23.8 Å². The number of amides is 1. The second kappa shape index (κ2) is 9.11. The summed E-state index contributed by atoms with van der Waals surface area (Å²) in [6, 6.07) is 10.4. The Labute approximate surface area is 171 Å². The number of pyridine rings is 1. The molecule has 1 aromatic carbocycles. The Hall–Kier alpha value is -3.52. The highest BCUT2D eigenvalue weighted by molar-refractivity contribution is 6.31. The number of benzene rings is 1. The number of anilines is 1. The van der Waals surface area contributed by atoms with Gasteiger partial charge in [-0.05, 0) is 30.3 Å². The number of carbonyl (C=O) groups excluding carboxylic acids is 2. The Kier molecular flexibility index (Phi) is 6.36. The summed E-state index contributed by atoms with van der Waals surface area (Å²) in [6.45, 7) is -0.459. The minimum Gasteiger partial charge on any atom is -0.497 e. The molecule has 0 saturated heterocycles. The fraction of sp³-hybridized carbons (Fsp3) is 0.150. The van der Waals surface area contributed by atoms with Crippen molar-refractivity contribution in [2.75, 3.05) is 26.1 Å². The SMILES string of the molecule is COc1ccc(NC(=O)COC(=O)/C=C/c2c(Cl)nc3ccccn23)c(OC)c1. The fourth-order valence-corrected chi connectivity index (χ4v) is 2.80. The smallest absolute Gasteiger partial charge is 0.331 e. The minimum atomic E-state index is -0.691.